The van der Waals surface area contributed by atoms with Crippen LogP contribution in [0, 0.1) is 5.41 Å². The Hall–Kier alpha value is -2.31. The van der Waals surface area contributed by atoms with E-state index in [9.17, 15) is 14.4 Å². The smallest absolute Gasteiger partial charge is 0.257 e. The van der Waals surface area contributed by atoms with Gasteiger partial charge in [-0.3, -0.25) is 14.4 Å². The van der Waals surface area contributed by atoms with Crippen LogP contribution < -0.4 is 0 Å². The van der Waals surface area contributed by atoms with Gasteiger partial charge in [0.05, 0.1) is 18.4 Å². The molecule has 0 radical (unpaired) electrons. The average Bonchev–Trinajstić information content (AvgIpc) is 3.35. The van der Waals surface area contributed by atoms with Crippen molar-refractivity contribution in [2.24, 2.45) is 5.41 Å². The standard InChI is InChI=1S/C20H27N3O4/c24-17-12-20(5-1-2-6-20)15-23(17)13-18(25)21-7-3-8-22(10-9-21)19(26)16-4-11-27-14-16/h4,11,14H,1-3,5-10,12-13,15H2. The van der Waals surface area contributed by atoms with Gasteiger partial charge in [-0.1, -0.05) is 12.8 Å². The molecule has 2 aliphatic heterocycles. The summed E-state index contributed by atoms with van der Waals surface area (Å²) in [6.07, 6.45) is 8.90. The van der Waals surface area contributed by atoms with E-state index in [0.717, 1.165) is 25.8 Å². The van der Waals surface area contributed by atoms with Gasteiger partial charge in [0.25, 0.3) is 5.91 Å². The van der Waals surface area contributed by atoms with Gasteiger partial charge in [-0.2, -0.15) is 0 Å². The first kappa shape index (κ1) is 18.1. The van der Waals surface area contributed by atoms with E-state index in [0.29, 0.717) is 38.2 Å². The first-order valence-electron chi connectivity index (χ1n) is 9.93. The molecule has 3 heterocycles. The Kier molecular flexibility index (Phi) is 4.93. The van der Waals surface area contributed by atoms with Crippen LogP contribution in [0.3, 0.4) is 0 Å². The zero-order chi connectivity index (χ0) is 18.9. The molecular formula is C20H27N3O4. The maximum Gasteiger partial charge on any atom is 0.257 e. The number of rotatable bonds is 3. The van der Waals surface area contributed by atoms with Crippen LogP contribution in [-0.4, -0.2) is 71.7 Å². The molecule has 7 heteroatoms. The first-order chi connectivity index (χ1) is 13.1. The summed E-state index contributed by atoms with van der Waals surface area (Å²) in [5.74, 6) is 0.0591. The summed E-state index contributed by atoms with van der Waals surface area (Å²) < 4.78 is 4.99. The molecule has 2 saturated heterocycles. The van der Waals surface area contributed by atoms with Crippen LogP contribution in [0.1, 0.15) is 48.9 Å². The third-order valence-corrected chi connectivity index (χ3v) is 6.30. The van der Waals surface area contributed by atoms with Gasteiger partial charge in [0.2, 0.25) is 11.8 Å². The maximum atomic E-state index is 12.8. The summed E-state index contributed by atoms with van der Waals surface area (Å²) in [4.78, 5) is 43.0. The predicted molar refractivity (Wildman–Crippen MR) is 97.9 cm³/mol. The fourth-order valence-electron chi connectivity index (χ4n) is 4.79. The second-order valence-electron chi connectivity index (χ2n) is 8.17. The van der Waals surface area contributed by atoms with Crippen LogP contribution in [0.25, 0.3) is 0 Å². The number of carbonyl (C=O) groups is 3. The van der Waals surface area contributed by atoms with E-state index in [-0.39, 0.29) is 29.7 Å². The third-order valence-electron chi connectivity index (χ3n) is 6.30. The predicted octanol–water partition coefficient (Wildman–Crippen LogP) is 1.75. The van der Waals surface area contributed by atoms with Crippen LogP contribution in [-0.2, 0) is 9.59 Å². The van der Waals surface area contributed by atoms with Gasteiger partial charge in [-0.15, -0.1) is 0 Å². The number of amides is 3. The molecule has 1 saturated carbocycles. The highest BCUT2D eigenvalue weighted by Crippen LogP contribution is 2.45. The van der Waals surface area contributed by atoms with Crippen LogP contribution in [0.2, 0.25) is 0 Å². The van der Waals surface area contributed by atoms with E-state index in [1.165, 1.54) is 25.4 Å². The van der Waals surface area contributed by atoms with E-state index in [2.05, 4.69) is 0 Å². The number of hydrogen-bond acceptors (Lipinski definition) is 4. The van der Waals surface area contributed by atoms with E-state index < -0.39 is 0 Å². The van der Waals surface area contributed by atoms with Gasteiger partial charge < -0.3 is 19.1 Å². The molecule has 0 unspecified atom stereocenters. The summed E-state index contributed by atoms with van der Waals surface area (Å²) >= 11 is 0. The topological polar surface area (TPSA) is 74.1 Å². The highest BCUT2D eigenvalue weighted by atomic mass is 16.3. The highest BCUT2D eigenvalue weighted by Gasteiger charge is 2.45. The Morgan fingerprint density at radius 1 is 1.04 bits per heavy atom. The highest BCUT2D eigenvalue weighted by molar-refractivity contribution is 5.94. The first-order valence-corrected chi connectivity index (χ1v) is 9.93. The van der Waals surface area contributed by atoms with Crippen molar-refractivity contribution in [1.82, 2.24) is 14.7 Å². The molecule has 146 valence electrons. The largest absolute Gasteiger partial charge is 0.472 e. The molecule has 1 aromatic heterocycles. The Labute approximate surface area is 159 Å². The van der Waals surface area contributed by atoms with Crippen LogP contribution in [0.15, 0.2) is 23.0 Å². The molecule has 3 amide bonds. The van der Waals surface area contributed by atoms with Crippen LogP contribution in [0.5, 0.6) is 0 Å². The molecule has 0 bridgehead atoms. The molecule has 0 atom stereocenters. The lowest BCUT2D eigenvalue weighted by molar-refractivity contribution is -0.138. The second-order valence-corrected chi connectivity index (χ2v) is 8.17. The van der Waals surface area contributed by atoms with Gasteiger partial charge in [-0.25, -0.2) is 0 Å². The van der Waals surface area contributed by atoms with E-state index in [1.54, 1.807) is 20.8 Å². The number of furan rings is 1. The number of nitrogens with zero attached hydrogens (tertiary/aromatic N) is 3. The van der Waals surface area contributed by atoms with Crippen LogP contribution >= 0.6 is 0 Å². The quantitative estimate of drug-likeness (QED) is 0.809. The van der Waals surface area contributed by atoms with E-state index in [4.69, 9.17) is 4.42 Å². The summed E-state index contributed by atoms with van der Waals surface area (Å²) in [5.41, 5.74) is 0.670. The van der Waals surface area contributed by atoms with Crippen LogP contribution in [0.4, 0.5) is 0 Å². The number of carbonyl (C=O) groups excluding carboxylic acids is 3. The van der Waals surface area contributed by atoms with Gasteiger partial charge in [0.1, 0.15) is 6.26 Å². The van der Waals surface area contributed by atoms with Crippen molar-refractivity contribution in [3.63, 3.8) is 0 Å². The maximum absolute atomic E-state index is 12.8. The van der Waals surface area contributed by atoms with Crippen molar-refractivity contribution in [3.8, 4) is 0 Å². The van der Waals surface area contributed by atoms with Crippen molar-refractivity contribution in [2.45, 2.75) is 38.5 Å². The van der Waals surface area contributed by atoms with E-state index >= 15 is 0 Å². The number of likely N-dealkylation sites (tertiary alicyclic amines) is 1. The number of hydrogen-bond donors (Lipinski definition) is 0. The minimum Gasteiger partial charge on any atom is -0.472 e. The van der Waals surface area contributed by atoms with Gasteiger partial charge in [0.15, 0.2) is 0 Å². The zero-order valence-electron chi connectivity index (χ0n) is 15.7. The molecule has 0 aromatic carbocycles. The fraction of sp³-hybridized carbons (Fsp3) is 0.650. The van der Waals surface area contributed by atoms with Gasteiger partial charge >= 0.3 is 0 Å². The Morgan fingerprint density at radius 2 is 1.78 bits per heavy atom. The minimum atomic E-state index is -0.0593. The van der Waals surface area contributed by atoms with Crippen molar-refractivity contribution >= 4 is 17.7 Å². The summed E-state index contributed by atoms with van der Waals surface area (Å²) in [6, 6.07) is 1.66. The van der Waals surface area contributed by atoms with E-state index in [1.807, 2.05) is 0 Å². The normalized spacial score (nSPS) is 22.5. The molecule has 1 aromatic rings. The molecule has 27 heavy (non-hydrogen) atoms. The molecule has 1 spiro atoms. The molecule has 3 fully saturated rings. The molecule has 3 aliphatic rings. The van der Waals surface area contributed by atoms with Crippen molar-refractivity contribution < 1.29 is 18.8 Å². The molecular weight excluding hydrogens is 346 g/mol. The minimum absolute atomic E-state index is 0.00370. The van der Waals surface area contributed by atoms with Crippen molar-refractivity contribution in [1.29, 1.82) is 0 Å². The molecule has 4 rings (SSSR count). The molecule has 0 N–H and O–H groups in total. The van der Waals surface area contributed by atoms with Crippen molar-refractivity contribution in [2.75, 3.05) is 39.3 Å². The summed E-state index contributed by atoms with van der Waals surface area (Å²) in [6.45, 7) is 3.18. The molecule has 7 nitrogen and oxygen atoms in total. The Bertz CT molecular complexity index is 709. The Morgan fingerprint density at radius 3 is 2.52 bits per heavy atom. The molecule has 1 aliphatic carbocycles. The fourth-order valence-corrected chi connectivity index (χ4v) is 4.79. The lowest BCUT2D eigenvalue weighted by atomic mass is 9.85. The summed E-state index contributed by atoms with van der Waals surface area (Å²) in [7, 11) is 0. The summed E-state index contributed by atoms with van der Waals surface area (Å²) in [5, 5.41) is 0. The Balaban J connectivity index is 1.32. The lowest BCUT2D eigenvalue weighted by Gasteiger charge is -2.26. The van der Waals surface area contributed by atoms with Gasteiger partial charge in [-0.05, 0) is 30.7 Å². The third kappa shape index (κ3) is 3.73. The average molecular weight is 373 g/mol. The SMILES string of the molecule is O=C(CN1CC2(CCCC2)CC1=O)N1CCCN(C(=O)c2ccoc2)CC1. The van der Waals surface area contributed by atoms with Crippen molar-refractivity contribution in [3.05, 3.63) is 24.2 Å². The zero-order valence-corrected chi connectivity index (χ0v) is 15.7. The second kappa shape index (κ2) is 7.37. The monoisotopic (exact) mass is 373 g/mol. The lowest BCUT2D eigenvalue weighted by Crippen LogP contribution is -2.43. The van der Waals surface area contributed by atoms with Gasteiger partial charge in [0, 0.05) is 39.1 Å².